The molecule has 1 aromatic rings. The summed E-state index contributed by atoms with van der Waals surface area (Å²) in [5.74, 6) is 0.584. The molecular weight excluding hydrogens is 372 g/mol. The van der Waals surface area contributed by atoms with E-state index in [0.29, 0.717) is 45.0 Å². The van der Waals surface area contributed by atoms with E-state index in [-0.39, 0.29) is 24.1 Å². The highest BCUT2D eigenvalue weighted by Gasteiger charge is 2.24. The molecular formula is C21H30N4O4. The third kappa shape index (κ3) is 6.74. The van der Waals surface area contributed by atoms with Crippen LogP contribution >= 0.6 is 0 Å². The average Bonchev–Trinajstić information content (AvgIpc) is 3.27. The van der Waals surface area contributed by atoms with Crippen LogP contribution in [0.15, 0.2) is 28.9 Å². The minimum atomic E-state index is -0.254. The Balaban J connectivity index is 1.30. The van der Waals surface area contributed by atoms with E-state index in [0.717, 1.165) is 25.9 Å². The SMILES string of the molecule is O=C(/C=C/c1ccco1)NCCC(=O)N1CCN(CC(=O)N2CCCCC2)CC1. The smallest absolute Gasteiger partial charge is 0.244 e. The van der Waals surface area contributed by atoms with Gasteiger partial charge in [-0.25, -0.2) is 0 Å². The molecule has 0 saturated carbocycles. The van der Waals surface area contributed by atoms with Gasteiger partial charge in [0.15, 0.2) is 0 Å². The van der Waals surface area contributed by atoms with E-state index in [4.69, 9.17) is 4.42 Å². The molecule has 0 spiro atoms. The van der Waals surface area contributed by atoms with Crippen LogP contribution in [0, 0.1) is 0 Å². The molecule has 3 amide bonds. The monoisotopic (exact) mass is 402 g/mol. The number of hydrogen-bond acceptors (Lipinski definition) is 5. The normalized spacial score (nSPS) is 18.2. The van der Waals surface area contributed by atoms with E-state index in [1.165, 1.54) is 12.5 Å². The first-order valence-corrected chi connectivity index (χ1v) is 10.4. The van der Waals surface area contributed by atoms with Crippen LogP contribution in [-0.2, 0) is 14.4 Å². The second-order valence-electron chi connectivity index (χ2n) is 7.49. The highest BCUT2D eigenvalue weighted by atomic mass is 16.3. The molecule has 0 unspecified atom stereocenters. The van der Waals surface area contributed by atoms with E-state index in [9.17, 15) is 14.4 Å². The summed E-state index contributed by atoms with van der Waals surface area (Å²) in [6, 6.07) is 3.51. The van der Waals surface area contributed by atoms with Crippen molar-refractivity contribution >= 4 is 23.8 Å². The Bertz CT molecular complexity index is 702. The van der Waals surface area contributed by atoms with Gasteiger partial charge >= 0.3 is 0 Å². The molecule has 2 fully saturated rings. The number of likely N-dealkylation sites (tertiary alicyclic amines) is 1. The Morgan fingerprint density at radius 3 is 2.38 bits per heavy atom. The average molecular weight is 402 g/mol. The lowest BCUT2D eigenvalue weighted by Crippen LogP contribution is -2.52. The van der Waals surface area contributed by atoms with Gasteiger partial charge in [0.05, 0.1) is 12.8 Å². The number of carbonyl (C=O) groups excluding carboxylic acids is 3. The fourth-order valence-corrected chi connectivity index (χ4v) is 3.64. The van der Waals surface area contributed by atoms with Crippen molar-refractivity contribution in [3.63, 3.8) is 0 Å². The molecule has 2 saturated heterocycles. The van der Waals surface area contributed by atoms with E-state index in [2.05, 4.69) is 10.2 Å². The van der Waals surface area contributed by atoms with Gasteiger partial charge in [-0.3, -0.25) is 19.3 Å². The van der Waals surface area contributed by atoms with Gasteiger partial charge in [0.1, 0.15) is 5.76 Å². The molecule has 0 aromatic carbocycles. The lowest BCUT2D eigenvalue weighted by Gasteiger charge is -2.36. The summed E-state index contributed by atoms with van der Waals surface area (Å²) >= 11 is 0. The Hall–Kier alpha value is -2.61. The second-order valence-corrected chi connectivity index (χ2v) is 7.49. The van der Waals surface area contributed by atoms with Gasteiger partial charge in [0, 0.05) is 58.3 Å². The number of hydrogen-bond donors (Lipinski definition) is 1. The van der Waals surface area contributed by atoms with Gasteiger partial charge in [-0.15, -0.1) is 0 Å². The lowest BCUT2D eigenvalue weighted by molar-refractivity contribution is -0.135. The quantitative estimate of drug-likeness (QED) is 0.687. The summed E-state index contributed by atoms with van der Waals surface area (Å²) in [5, 5.41) is 2.71. The van der Waals surface area contributed by atoms with Gasteiger partial charge in [0.25, 0.3) is 0 Å². The van der Waals surface area contributed by atoms with Crippen molar-refractivity contribution in [3.8, 4) is 0 Å². The number of piperidine rings is 1. The number of furan rings is 1. The van der Waals surface area contributed by atoms with Crippen LogP contribution in [0.3, 0.4) is 0 Å². The maximum absolute atomic E-state index is 12.4. The fraction of sp³-hybridized carbons (Fsp3) is 0.571. The number of amides is 3. The number of nitrogens with zero attached hydrogens (tertiary/aromatic N) is 3. The highest BCUT2D eigenvalue weighted by Crippen LogP contribution is 2.10. The molecule has 2 aliphatic rings. The predicted octanol–water partition coefficient (Wildman–Crippen LogP) is 0.956. The van der Waals surface area contributed by atoms with Crippen LogP contribution < -0.4 is 5.32 Å². The number of nitrogens with one attached hydrogen (secondary N) is 1. The maximum atomic E-state index is 12.4. The van der Waals surface area contributed by atoms with Crippen LogP contribution in [0.4, 0.5) is 0 Å². The summed E-state index contributed by atoms with van der Waals surface area (Å²) < 4.78 is 5.12. The number of carbonyl (C=O) groups is 3. The molecule has 1 aromatic heterocycles. The van der Waals surface area contributed by atoms with Gasteiger partial charge in [-0.05, 0) is 37.5 Å². The van der Waals surface area contributed by atoms with Crippen molar-refractivity contribution in [2.75, 3.05) is 52.4 Å². The molecule has 0 aliphatic carbocycles. The molecule has 0 atom stereocenters. The Kier molecular flexibility index (Phi) is 7.86. The summed E-state index contributed by atoms with van der Waals surface area (Å²) in [4.78, 5) is 42.4. The van der Waals surface area contributed by atoms with Crippen molar-refractivity contribution in [1.82, 2.24) is 20.0 Å². The predicted molar refractivity (Wildman–Crippen MR) is 109 cm³/mol. The van der Waals surface area contributed by atoms with E-state index < -0.39 is 0 Å². The van der Waals surface area contributed by atoms with Crippen molar-refractivity contribution in [3.05, 3.63) is 30.2 Å². The lowest BCUT2D eigenvalue weighted by atomic mass is 10.1. The summed E-state index contributed by atoms with van der Waals surface area (Å²) in [5.41, 5.74) is 0. The van der Waals surface area contributed by atoms with Crippen LogP contribution in [0.5, 0.6) is 0 Å². The molecule has 0 radical (unpaired) electrons. The first kappa shape index (κ1) is 21.1. The summed E-state index contributed by atoms with van der Waals surface area (Å²) in [7, 11) is 0. The maximum Gasteiger partial charge on any atom is 0.244 e. The highest BCUT2D eigenvalue weighted by molar-refractivity contribution is 5.91. The van der Waals surface area contributed by atoms with Crippen molar-refractivity contribution < 1.29 is 18.8 Å². The number of rotatable bonds is 7. The summed E-state index contributed by atoms with van der Waals surface area (Å²) in [6.45, 7) is 5.16. The van der Waals surface area contributed by atoms with Crippen molar-refractivity contribution in [2.24, 2.45) is 0 Å². The van der Waals surface area contributed by atoms with Crippen LogP contribution in [0.1, 0.15) is 31.4 Å². The minimum absolute atomic E-state index is 0.0299. The van der Waals surface area contributed by atoms with Crippen LogP contribution in [-0.4, -0.2) is 84.8 Å². The standard InChI is InChI=1S/C21H30N4O4/c26-19(7-6-18-5-4-16-29-18)22-9-8-20(27)25-14-12-23(13-15-25)17-21(28)24-10-2-1-3-11-24/h4-7,16H,1-3,8-15,17H2,(H,22,26)/b7-6+. The Labute approximate surface area is 171 Å². The molecule has 8 nitrogen and oxygen atoms in total. The van der Waals surface area contributed by atoms with Crippen LogP contribution in [0.25, 0.3) is 6.08 Å². The second kappa shape index (κ2) is 10.8. The number of piperazine rings is 1. The van der Waals surface area contributed by atoms with Crippen LogP contribution in [0.2, 0.25) is 0 Å². The third-order valence-corrected chi connectivity index (χ3v) is 5.37. The molecule has 2 aliphatic heterocycles. The minimum Gasteiger partial charge on any atom is -0.465 e. The van der Waals surface area contributed by atoms with Gasteiger partial charge in [-0.2, -0.15) is 0 Å². The fourth-order valence-electron chi connectivity index (χ4n) is 3.64. The molecule has 29 heavy (non-hydrogen) atoms. The van der Waals surface area contributed by atoms with Gasteiger partial charge in [-0.1, -0.05) is 0 Å². The van der Waals surface area contributed by atoms with E-state index >= 15 is 0 Å². The molecule has 0 bridgehead atoms. The van der Waals surface area contributed by atoms with Crippen molar-refractivity contribution in [1.29, 1.82) is 0 Å². The first-order valence-electron chi connectivity index (χ1n) is 10.4. The van der Waals surface area contributed by atoms with Crippen molar-refractivity contribution in [2.45, 2.75) is 25.7 Å². The van der Waals surface area contributed by atoms with E-state index in [1.807, 2.05) is 9.80 Å². The Morgan fingerprint density at radius 1 is 0.966 bits per heavy atom. The molecule has 158 valence electrons. The van der Waals surface area contributed by atoms with Gasteiger partial charge in [0.2, 0.25) is 17.7 Å². The molecule has 8 heteroatoms. The summed E-state index contributed by atoms with van der Waals surface area (Å²) in [6.07, 6.45) is 8.20. The zero-order chi connectivity index (χ0) is 20.5. The molecule has 3 heterocycles. The Morgan fingerprint density at radius 2 is 1.69 bits per heavy atom. The zero-order valence-electron chi connectivity index (χ0n) is 16.8. The molecule has 1 N–H and O–H groups in total. The topological polar surface area (TPSA) is 86.1 Å². The van der Waals surface area contributed by atoms with Gasteiger partial charge < -0.3 is 19.5 Å². The molecule has 3 rings (SSSR count). The van der Waals surface area contributed by atoms with E-state index in [1.54, 1.807) is 24.5 Å². The third-order valence-electron chi connectivity index (χ3n) is 5.37. The largest absolute Gasteiger partial charge is 0.465 e. The first-order chi connectivity index (χ1) is 14.1. The zero-order valence-corrected chi connectivity index (χ0v) is 16.8.